The van der Waals surface area contributed by atoms with E-state index in [1.54, 1.807) is 0 Å². The molecule has 0 radical (unpaired) electrons. The van der Waals surface area contributed by atoms with Gasteiger partial charge in [0.2, 0.25) is 0 Å². The standard InChI is InChI=1S/C71H142O4/c1-5-7-9-11-13-15-17-19-21-22-33-36-40-44-48-52-56-60-64-68(71(73)74)69(72)65-61-57-53-49-45-41-37-34-31-29-27-25-23-24-26-28-30-32-35-38-42-46-50-54-58-62-66-70(75-4)67(3)63-59-55-51-47-43-39-20-18-16-14-12-10-8-6-2/h67-70,72H,5-66H2,1-4H3,(H,73,74). The van der Waals surface area contributed by atoms with Gasteiger partial charge in [-0.2, -0.15) is 0 Å². The molecule has 4 heteroatoms. The summed E-state index contributed by atoms with van der Waals surface area (Å²) < 4.78 is 5.96. The van der Waals surface area contributed by atoms with Gasteiger partial charge in [0.1, 0.15) is 0 Å². The molecule has 4 nitrogen and oxygen atoms in total. The number of hydrogen-bond acceptors (Lipinski definition) is 3. The van der Waals surface area contributed by atoms with Crippen LogP contribution in [0.1, 0.15) is 419 Å². The third-order valence-electron chi connectivity index (χ3n) is 17.8. The van der Waals surface area contributed by atoms with E-state index in [0.29, 0.717) is 24.9 Å². The van der Waals surface area contributed by atoms with E-state index in [2.05, 4.69) is 20.8 Å². The summed E-state index contributed by atoms with van der Waals surface area (Å²) in [6.07, 6.45) is 83.8. The molecule has 75 heavy (non-hydrogen) atoms. The third-order valence-corrected chi connectivity index (χ3v) is 17.8. The number of carboxylic acid groups (broad SMARTS) is 1. The molecule has 4 unspecified atom stereocenters. The molecule has 0 fully saturated rings. The maximum atomic E-state index is 11.9. The van der Waals surface area contributed by atoms with Gasteiger partial charge in [0.25, 0.3) is 0 Å². The van der Waals surface area contributed by atoms with Crippen molar-refractivity contribution in [3.05, 3.63) is 0 Å². The van der Waals surface area contributed by atoms with E-state index >= 15 is 0 Å². The summed E-state index contributed by atoms with van der Waals surface area (Å²) in [6.45, 7) is 7.04. The van der Waals surface area contributed by atoms with Crippen molar-refractivity contribution in [2.24, 2.45) is 11.8 Å². The molecule has 0 saturated carbocycles. The number of aliphatic hydroxyl groups is 1. The predicted molar refractivity (Wildman–Crippen MR) is 335 cm³/mol. The monoisotopic (exact) mass is 1060 g/mol. The molecule has 0 aliphatic rings. The van der Waals surface area contributed by atoms with E-state index in [0.717, 1.165) is 25.7 Å². The average molecular weight is 1060 g/mol. The fraction of sp³-hybridized carbons (Fsp3) is 0.986. The second kappa shape index (κ2) is 64.2. The van der Waals surface area contributed by atoms with E-state index in [1.165, 1.54) is 360 Å². The number of methoxy groups -OCH3 is 1. The van der Waals surface area contributed by atoms with Crippen LogP contribution in [0.2, 0.25) is 0 Å². The normalized spacial score (nSPS) is 13.5. The fourth-order valence-electron chi connectivity index (χ4n) is 12.4. The van der Waals surface area contributed by atoms with Crippen LogP contribution in [-0.4, -0.2) is 35.5 Å². The van der Waals surface area contributed by atoms with Gasteiger partial charge in [-0.05, 0) is 31.6 Å². The van der Waals surface area contributed by atoms with Crippen molar-refractivity contribution in [2.45, 2.75) is 431 Å². The predicted octanol–water partition coefficient (Wildman–Crippen LogP) is 24.9. The fourth-order valence-corrected chi connectivity index (χ4v) is 12.4. The third kappa shape index (κ3) is 57.9. The number of ether oxygens (including phenoxy) is 1. The quantitative estimate of drug-likeness (QED) is 0.0596. The van der Waals surface area contributed by atoms with Crippen LogP contribution in [0.4, 0.5) is 0 Å². The average Bonchev–Trinajstić information content (AvgIpc) is 3.41. The first-order valence-electron chi connectivity index (χ1n) is 35.4. The second-order valence-corrected chi connectivity index (χ2v) is 25.2. The lowest BCUT2D eigenvalue weighted by Gasteiger charge is -2.22. The number of carboxylic acids is 1. The Morgan fingerprint density at radius 3 is 0.693 bits per heavy atom. The molecule has 0 aliphatic carbocycles. The first-order chi connectivity index (χ1) is 37.0. The Hall–Kier alpha value is -0.610. The molecule has 0 spiro atoms. The number of aliphatic hydroxyl groups excluding tert-OH is 1. The number of unbranched alkanes of at least 4 members (excludes halogenated alkanes) is 55. The van der Waals surface area contributed by atoms with E-state index in [4.69, 9.17) is 4.74 Å². The Morgan fingerprint density at radius 1 is 0.293 bits per heavy atom. The molecular formula is C71H142O4. The topological polar surface area (TPSA) is 66.8 Å². The van der Waals surface area contributed by atoms with Crippen LogP contribution in [-0.2, 0) is 9.53 Å². The highest BCUT2D eigenvalue weighted by Crippen LogP contribution is 2.24. The molecule has 0 rings (SSSR count). The summed E-state index contributed by atoms with van der Waals surface area (Å²) >= 11 is 0. The van der Waals surface area contributed by atoms with E-state index in [1.807, 2.05) is 7.11 Å². The lowest BCUT2D eigenvalue weighted by Crippen LogP contribution is -2.28. The summed E-state index contributed by atoms with van der Waals surface area (Å²) in [5.74, 6) is -0.676. The molecule has 450 valence electrons. The smallest absolute Gasteiger partial charge is 0.309 e. The van der Waals surface area contributed by atoms with E-state index in [9.17, 15) is 15.0 Å². The van der Waals surface area contributed by atoms with Crippen molar-refractivity contribution in [2.75, 3.05) is 7.11 Å². The van der Waals surface area contributed by atoms with Crippen molar-refractivity contribution in [1.29, 1.82) is 0 Å². The van der Waals surface area contributed by atoms with Crippen molar-refractivity contribution < 1.29 is 19.7 Å². The maximum absolute atomic E-state index is 11.9. The molecule has 0 bridgehead atoms. The molecule has 2 N–H and O–H groups in total. The lowest BCUT2D eigenvalue weighted by atomic mass is 9.91. The van der Waals surface area contributed by atoms with Crippen molar-refractivity contribution >= 4 is 5.97 Å². The Balaban J connectivity index is 3.42. The SMILES string of the molecule is CCCCCCCCCCCCCCCCCCCCC(C(=O)O)C(O)CCCCCCCCCCCCCCCCCCCCCCCCCCCCC(OC)C(C)CCCCCCCCCCCCCCCC. The highest BCUT2D eigenvalue weighted by molar-refractivity contribution is 5.70. The highest BCUT2D eigenvalue weighted by Gasteiger charge is 2.25. The first kappa shape index (κ1) is 74.4. The van der Waals surface area contributed by atoms with Gasteiger partial charge in [-0.1, -0.05) is 393 Å². The summed E-state index contributed by atoms with van der Waals surface area (Å²) in [5.41, 5.74) is 0. The van der Waals surface area contributed by atoms with Crippen LogP contribution < -0.4 is 0 Å². The van der Waals surface area contributed by atoms with Crippen molar-refractivity contribution in [1.82, 2.24) is 0 Å². The summed E-state index contributed by atoms with van der Waals surface area (Å²) in [7, 11) is 1.95. The van der Waals surface area contributed by atoms with Gasteiger partial charge in [-0.15, -0.1) is 0 Å². The maximum Gasteiger partial charge on any atom is 0.309 e. The van der Waals surface area contributed by atoms with Crippen LogP contribution in [0, 0.1) is 11.8 Å². The minimum atomic E-state index is -0.801. The Bertz CT molecular complexity index is 1050. The van der Waals surface area contributed by atoms with Crippen LogP contribution in [0.15, 0.2) is 0 Å². The Labute approximate surface area is 473 Å². The molecular weight excluding hydrogens is 917 g/mol. The molecule has 0 aliphatic heterocycles. The number of rotatable bonds is 67. The van der Waals surface area contributed by atoms with E-state index < -0.39 is 18.0 Å². The van der Waals surface area contributed by atoms with Gasteiger partial charge in [0.15, 0.2) is 0 Å². The minimum Gasteiger partial charge on any atom is -0.481 e. The van der Waals surface area contributed by atoms with Crippen LogP contribution in [0.25, 0.3) is 0 Å². The van der Waals surface area contributed by atoms with Gasteiger partial charge in [0, 0.05) is 7.11 Å². The van der Waals surface area contributed by atoms with Crippen LogP contribution >= 0.6 is 0 Å². The minimum absolute atomic E-state index is 0.466. The number of aliphatic carboxylic acids is 1. The highest BCUT2D eigenvalue weighted by atomic mass is 16.5. The number of carbonyl (C=O) groups is 1. The molecule has 4 atom stereocenters. The lowest BCUT2D eigenvalue weighted by molar-refractivity contribution is -0.146. The van der Waals surface area contributed by atoms with Gasteiger partial charge >= 0.3 is 5.97 Å². The Morgan fingerprint density at radius 2 is 0.480 bits per heavy atom. The summed E-state index contributed by atoms with van der Waals surface area (Å²) in [6, 6.07) is 0. The zero-order chi connectivity index (χ0) is 54.4. The molecule has 0 aromatic heterocycles. The van der Waals surface area contributed by atoms with Gasteiger partial charge in [0.05, 0.1) is 18.1 Å². The van der Waals surface area contributed by atoms with E-state index in [-0.39, 0.29) is 0 Å². The molecule has 0 amide bonds. The van der Waals surface area contributed by atoms with Crippen LogP contribution in [0.3, 0.4) is 0 Å². The van der Waals surface area contributed by atoms with Gasteiger partial charge in [-0.3, -0.25) is 4.79 Å². The van der Waals surface area contributed by atoms with Gasteiger partial charge < -0.3 is 14.9 Å². The Kier molecular flexibility index (Phi) is 63.7. The zero-order valence-electron chi connectivity index (χ0n) is 52.4. The molecule has 0 aromatic rings. The van der Waals surface area contributed by atoms with Crippen molar-refractivity contribution in [3.63, 3.8) is 0 Å². The van der Waals surface area contributed by atoms with Crippen molar-refractivity contribution in [3.8, 4) is 0 Å². The molecule has 0 aromatic carbocycles. The molecule has 0 saturated heterocycles. The summed E-state index contributed by atoms with van der Waals surface area (Å²) in [5, 5.41) is 20.5. The first-order valence-corrected chi connectivity index (χ1v) is 35.4. The van der Waals surface area contributed by atoms with Crippen LogP contribution in [0.5, 0.6) is 0 Å². The largest absolute Gasteiger partial charge is 0.481 e. The number of hydrogen-bond donors (Lipinski definition) is 2. The zero-order valence-corrected chi connectivity index (χ0v) is 52.4. The second-order valence-electron chi connectivity index (χ2n) is 25.2. The molecule has 0 heterocycles. The summed E-state index contributed by atoms with van der Waals surface area (Å²) in [4.78, 5) is 11.9. The van der Waals surface area contributed by atoms with Gasteiger partial charge in [-0.25, -0.2) is 0 Å².